The maximum absolute atomic E-state index is 12.3. The van der Waals surface area contributed by atoms with E-state index in [9.17, 15) is 4.79 Å². The summed E-state index contributed by atoms with van der Waals surface area (Å²) in [6.45, 7) is 6.48. The average molecular weight is 310 g/mol. The number of unbranched alkanes of at least 4 members (excludes halogenated alkanes) is 2. The second-order valence-electron chi connectivity index (χ2n) is 5.76. The monoisotopic (exact) mass is 310 g/mol. The van der Waals surface area contributed by atoms with Crippen molar-refractivity contribution in [1.29, 1.82) is 0 Å². The zero-order valence-corrected chi connectivity index (χ0v) is 14.1. The van der Waals surface area contributed by atoms with Gasteiger partial charge in [-0.3, -0.25) is 4.90 Å². The molecule has 1 aliphatic heterocycles. The van der Waals surface area contributed by atoms with Crippen molar-refractivity contribution in [2.24, 2.45) is 0 Å². The molecule has 0 unspecified atom stereocenters. The number of rotatable bonds is 8. The molecule has 1 saturated heterocycles. The van der Waals surface area contributed by atoms with Crippen LogP contribution in [0.4, 0.5) is 4.79 Å². The minimum absolute atomic E-state index is 0.0716. The van der Waals surface area contributed by atoms with Crippen molar-refractivity contribution in [3.05, 3.63) is 16.6 Å². The maximum atomic E-state index is 12.3. The Morgan fingerprint density at radius 1 is 1.33 bits per heavy atom. The number of ether oxygens (including phenoxy) is 1. The van der Waals surface area contributed by atoms with Crippen LogP contribution in [-0.2, 0) is 4.74 Å². The number of nitrogens with zero attached hydrogens (tertiary/aromatic N) is 2. The molecule has 0 spiro atoms. The normalized spacial score (nSPS) is 22.1. The highest BCUT2D eigenvalue weighted by Crippen LogP contribution is 2.36. The summed E-state index contributed by atoms with van der Waals surface area (Å²) >= 11 is 1.56. The summed E-state index contributed by atoms with van der Waals surface area (Å²) in [6, 6.07) is 0.375. The Hall–Kier alpha value is -1.10. The third kappa shape index (κ3) is 3.76. The minimum atomic E-state index is -0.205. The molecule has 0 N–H and O–H groups in total. The van der Waals surface area contributed by atoms with Gasteiger partial charge in [-0.2, -0.15) is 0 Å². The number of cyclic esters (lactones) is 1. The molecule has 1 fully saturated rings. The van der Waals surface area contributed by atoms with Crippen LogP contribution < -0.4 is 0 Å². The van der Waals surface area contributed by atoms with Gasteiger partial charge in [-0.15, -0.1) is 11.3 Å². The van der Waals surface area contributed by atoms with Crippen LogP contribution >= 0.6 is 11.3 Å². The van der Waals surface area contributed by atoms with E-state index in [1.54, 1.807) is 17.5 Å². The first-order chi connectivity index (χ1) is 10.2. The SMILES string of the molecule is CCCCC(CCCC)N1C(=O)O[C@H](c2nccs2)[C@@H]1C. The molecule has 0 saturated carbocycles. The number of carbonyl (C=O) groups is 1. The summed E-state index contributed by atoms with van der Waals surface area (Å²) in [5.41, 5.74) is 0. The van der Waals surface area contributed by atoms with E-state index >= 15 is 0 Å². The van der Waals surface area contributed by atoms with E-state index < -0.39 is 0 Å². The van der Waals surface area contributed by atoms with Crippen molar-refractivity contribution >= 4 is 17.4 Å². The molecule has 21 heavy (non-hydrogen) atoms. The Balaban J connectivity index is 2.09. The average Bonchev–Trinajstić information content (AvgIpc) is 3.09. The lowest BCUT2D eigenvalue weighted by molar-refractivity contribution is 0.125. The van der Waals surface area contributed by atoms with E-state index in [1.807, 2.05) is 10.3 Å². The largest absolute Gasteiger partial charge is 0.436 e. The van der Waals surface area contributed by atoms with E-state index in [4.69, 9.17) is 4.74 Å². The summed E-state index contributed by atoms with van der Waals surface area (Å²) in [4.78, 5) is 18.6. The van der Waals surface area contributed by atoms with Gasteiger partial charge in [-0.05, 0) is 19.8 Å². The number of aromatic nitrogens is 1. The molecule has 118 valence electrons. The quantitative estimate of drug-likeness (QED) is 0.694. The zero-order chi connectivity index (χ0) is 15.2. The topological polar surface area (TPSA) is 42.4 Å². The highest BCUT2D eigenvalue weighted by molar-refractivity contribution is 7.09. The van der Waals surface area contributed by atoms with Crippen LogP contribution in [0.1, 0.15) is 70.4 Å². The molecule has 2 heterocycles. The molecule has 1 amide bonds. The van der Waals surface area contributed by atoms with E-state index in [0.29, 0.717) is 6.04 Å². The van der Waals surface area contributed by atoms with Gasteiger partial charge >= 0.3 is 6.09 Å². The van der Waals surface area contributed by atoms with E-state index in [-0.39, 0.29) is 18.2 Å². The number of thiazole rings is 1. The molecule has 2 rings (SSSR count). The van der Waals surface area contributed by atoms with Gasteiger partial charge in [0.2, 0.25) is 0 Å². The molecular formula is C16H26N2O2S. The number of hydrogen-bond acceptors (Lipinski definition) is 4. The van der Waals surface area contributed by atoms with Crippen molar-refractivity contribution in [2.45, 2.75) is 77.5 Å². The lowest BCUT2D eigenvalue weighted by Gasteiger charge is -2.30. The lowest BCUT2D eigenvalue weighted by Crippen LogP contribution is -2.41. The second kappa shape index (κ2) is 7.78. The smallest absolute Gasteiger partial charge is 0.411 e. The molecule has 0 aliphatic carbocycles. The van der Waals surface area contributed by atoms with E-state index in [1.165, 1.54) is 0 Å². The fraction of sp³-hybridized carbons (Fsp3) is 0.750. The summed E-state index contributed by atoms with van der Waals surface area (Å²) in [5, 5.41) is 2.84. The standard InChI is InChI=1S/C16H26N2O2S/c1-4-6-8-13(9-7-5-2)18-12(3)14(20-16(18)19)15-17-10-11-21-15/h10-14H,4-9H2,1-3H3/t12-,14-/m0/s1. The Kier molecular flexibility index (Phi) is 6.03. The highest BCUT2D eigenvalue weighted by Gasteiger charge is 2.43. The van der Waals surface area contributed by atoms with Crippen LogP contribution in [0, 0.1) is 0 Å². The van der Waals surface area contributed by atoms with Gasteiger partial charge in [-0.1, -0.05) is 39.5 Å². The Morgan fingerprint density at radius 2 is 2.00 bits per heavy atom. The van der Waals surface area contributed by atoms with Crippen molar-refractivity contribution in [3.63, 3.8) is 0 Å². The molecule has 1 aliphatic rings. The Bertz CT molecular complexity index is 427. The highest BCUT2D eigenvalue weighted by atomic mass is 32.1. The second-order valence-corrected chi connectivity index (χ2v) is 6.69. The summed E-state index contributed by atoms with van der Waals surface area (Å²) < 4.78 is 5.61. The first-order valence-corrected chi connectivity index (χ1v) is 8.95. The molecule has 1 aromatic rings. The number of amides is 1. The molecule has 0 bridgehead atoms. The first-order valence-electron chi connectivity index (χ1n) is 8.07. The molecule has 2 atom stereocenters. The third-order valence-corrected chi connectivity index (χ3v) is 5.02. The summed E-state index contributed by atoms with van der Waals surface area (Å²) in [6.07, 6.45) is 8.18. The zero-order valence-electron chi connectivity index (χ0n) is 13.2. The lowest BCUT2D eigenvalue weighted by atomic mass is 10.00. The molecule has 5 heteroatoms. The molecule has 0 radical (unpaired) electrons. The van der Waals surface area contributed by atoms with Crippen LogP contribution in [0.5, 0.6) is 0 Å². The minimum Gasteiger partial charge on any atom is -0.436 e. The van der Waals surface area contributed by atoms with Gasteiger partial charge < -0.3 is 4.74 Å². The first kappa shape index (κ1) is 16.3. The van der Waals surface area contributed by atoms with Crippen molar-refractivity contribution in [2.75, 3.05) is 0 Å². The van der Waals surface area contributed by atoms with Gasteiger partial charge in [0.1, 0.15) is 5.01 Å². The van der Waals surface area contributed by atoms with Crippen LogP contribution in [0.2, 0.25) is 0 Å². The number of carbonyl (C=O) groups excluding carboxylic acids is 1. The van der Waals surface area contributed by atoms with Gasteiger partial charge in [-0.25, -0.2) is 9.78 Å². The molecule has 4 nitrogen and oxygen atoms in total. The Labute approximate surface area is 131 Å². The number of hydrogen-bond donors (Lipinski definition) is 0. The van der Waals surface area contributed by atoms with Gasteiger partial charge in [0.05, 0.1) is 6.04 Å². The van der Waals surface area contributed by atoms with Crippen LogP contribution in [0.25, 0.3) is 0 Å². The predicted octanol–water partition coefficient (Wildman–Crippen LogP) is 4.77. The maximum Gasteiger partial charge on any atom is 0.411 e. The fourth-order valence-corrected chi connectivity index (χ4v) is 3.76. The van der Waals surface area contributed by atoms with Crippen LogP contribution in [0.3, 0.4) is 0 Å². The van der Waals surface area contributed by atoms with Crippen molar-refractivity contribution in [1.82, 2.24) is 9.88 Å². The van der Waals surface area contributed by atoms with Crippen molar-refractivity contribution < 1.29 is 9.53 Å². The van der Waals surface area contributed by atoms with Crippen LogP contribution in [0.15, 0.2) is 11.6 Å². The van der Waals surface area contributed by atoms with E-state index in [0.717, 1.165) is 43.5 Å². The van der Waals surface area contributed by atoms with E-state index in [2.05, 4.69) is 25.8 Å². The fourth-order valence-electron chi connectivity index (χ4n) is 3.00. The predicted molar refractivity (Wildman–Crippen MR) is 85.5 cm³/mol. The third-order valence-electron chi connectivity index (χ3n) is 4.19. The molecule has 1 aromatic heterocycles. The van der Waals surface area contributed by atoms with Gasteiger partial charge in [0.25, 0.3) is 0 Å². The summed E-state index contributed by atoms with van der Waals surface area (Å²) in [5.74, 6) is 0. The molecular weight excluding hydrogens is 284 g/mol. The van der Waals surface area contributed by atoms with Gasteiger partial charge in [0, 0.05) is 17.6 Å². The summed E-state index contributed by atoms with van der Waals surface area (Å²) in [7, 11) is 0. The van der Waals surface area contributed by atoms with Crippen LogP contribution in [-0.4, -0.2) is 28.1 Å². The Morgan fingerprint density at radius 3 is 2.52 bits per heavy atom. The van der Waals surface area contributed by atoms with Gasteiger partial charge in [0.15, 0.2) is 6.10 Å². The molecule has 0 aromatic carbocycles. The van der Waals surface area contributed by atoms with Crippen molar-refractivity contribution in [3.8, 4) is 0 Å².